The minimum Gasteiger partial charge on any atom is -0.497 e. The summed E-state index contributed by atoms with van der Waals surface area (Å²) < 4.78 is 10.3. The molecule has 1 unspecified atom stereocenters. The van der Waals surface area contributed by atoms with Gasteiger partial charge in [-0.2, -0.15) is 0 Å². The van der Waals surface area contributed by atoms with Crippen LogP contribution in [0, 0.1) is 0 Å². The zero-order chi connectivity index (χ0) is 15.2. The maximum absolute atomic E-state index is 10.3. The lowest BCUT2D eigenvalue weighted by Gasteiger charge is -2.10. The molecular weight excluding hydrogens is 264 g/mol. The monoisotopic (exact) mass is 284 g/mol. The smallest absolute Gasteiger partial charge is 0.118 e. The van der Waals surface area contributed by atoms with Crippen LogP contribution in [0.3, 0.4) is 0 Å². The molecule has 0 amide bonds. The van der Waals surface area contributed by atoms with Gasteiger partial charge in [0, 0.05) is 0 Å². The van der Waals surface area contributed by atoms with Gasteiger partial charge >= 0.3 is 0 Å². The van der Waals surface area contributed by atoms with Gasteiger partial charge in [0.2, 0.25) is 0 Å². The molecule has 0 aliphatic rings. The van der Waals surface area contributed by atoms with Crippen molar-refractivity contribution in [2.75, 3.05) is 14.2 Å². The third-order valence-electron chi connectivity index (χ3n) is 3.41. The van der Waals surface area contributed by atoms with Gasteiger partial charge < -0.3 is 14.6 Å². The summed E-state index contributed by atoms with van der Waals surface area (Å²) in [5.74, 6) is 1.60. The fraction of sp³-hybridized carbons (Fsp3) is 0.222. The molecule has 0 heterocycles. The average Bonchev–Trinajstić information content (AvgIpc) is 2.55. The fourth-order valence-corrected chi connectivity index (χ4v) is 2.08. The molecule has 2 aromatic rings. The number of rotatable bonds is 5. The molecule has 1 N–H and O–H groups in total. The van der Waals surface area contributed by atoms with E-state index in [9.17, 15) is 5.11 Å². The standard InChI is InChI=1S/C18H20O3/c1-13(14-4-8-16(20-2)9-5-14)12-18(19)15-6-10-17(21-3)11-7-15/h4-12,18-19H,1-3H3/b13-12+. The van der Waals surface area contributed by atoms with E-state index >= 15 is 0 Å². The van der Waals surface area contributed by atoms with Crippen LogP contribution < -0.4 is 9.47 Å². The molecule has 0 aliphatic heterocycles. The number of hydrogen-bond donors (Lipinski definition) is 1. The zero-order valence-corrected chi connectivity index (χ0v) is 12.5. The number of allylic oxidation sites excluding steroid dienone is 1. The Morgan fingerprint density at radius 2 is 1.38 bits per heavy atom. The normalized spacial score (nSPS) is 12.9. The molecule has 0 bridgehead atoms. The second kappa shape index (κ2) is 6.95. The highest BCUT2D eigenvalue weighted by atomic mass is 16.5. The van der Waals surface area contributed by atoms with Crippen LogP contribution in [0.2, 0.25) is 0 Å². The summed E-state index contributed by atoms with van der Waals surface area (Å²) in [4.78, 5) is 0. The summed E-state index contributed by atoms with van der Waals surface area (Å²) in [6.07, 6.45) is 1.20. The number of hydrogen-bond acceptors (Lipinski definition) is 3. The summed E-state index contributed by atoms with van der Waals surface area (Å²) >= 11 is 0. The maximum Gasteiger partial charge on any atom is 0.118 e. The Bertz CT molecular complexity index is 597. The van der Waals surface area contributed by atoms with Crippen molar-refractivity contribution in [1.82, 2.24) is 0 Å². The van der Waals surface area contributed by atoms with Gasteiger partial charge in [-0.3, -0.25) is 0 Å². The van der Waals surface area contributed by atoms with Gasteiger partial charge in [0.05, 0.1) is 20.3 Å². The Balaban J connectivity index is 2.15. The van der Waals surface area contributed by atoms with Crippen molar-refractivity contribution >= 4 is 5.57 Å². The first-order valence-electron chi connectivity index (χ1n) is 6.79. The third-order valence-corrected chi connectivity index (χ3v) is 3.41. The molecule has 1 atom stereocenters. The Kier molecular flexibility index (Phi) is 5.01. The van der Waals surface area contributed by atoms with Crippen molar-refractivity contribution in [3.05, 3.63) is 65.7 Å². The highest BCUT2D eigenvalue weighted by Crippen LogP contribution is 2.24. The van der Waals surface area contributed by atoms with Crippen molar-refractivity contribution in [2.45, 2.75) is 13.0 Å². The maximum atomic E-state index is 10.3. The van der Waals surface area contributed by atoms with Crippen LogP contribution >= 0.6 is 0 Å². The molecular formula is C18H20O3. The van der Waals surface area contributed by atoms with Crippen LogP contribution in [-0.2, 0) is 0 Å². The van der Waals surface area contributed by atoms with E-state index in [1.54, 1.807) is 14.2 Å². The van der Waals surface area contributed by atoms with Crippen LogP contribution in [0.1, 0.15) is 24.2 Å². The van der Waals surface area contributed by atoms with Gasteiger partial charge in [0.15, 0.2) is 0 Å². The van der Waals surface area contributed by atoms with Crippen LogP contribution in [-0.4, -0.2) is 19.3 Å². The van der Waals surface area contributed by atoms with E-state index in [2.05, 4.69) is 0 Å². The number of benzene rings is 2. The van der Waals surface area contributed by atoms with Crippen molar-refractivity contribution in [2.24, 2.45) is 0 Å². The molecule has 0 spiro atoms. The Morgan fingerprint density at radius 1 is 0.905 bits per heavy atom. The molecule has 3 heteroatoms. The second-order valence-corrected chi connectivity index (χ2v) is 4.80. The highest BCUT2D eigenvalue weighted by molar-refractivity contribution is 5.65. The summed E-state index contributed by atoms with van der Waals surface area (Å²) in [6, 6.07) is 15.2. The van der Waals surface area contributed by atoms with E-state index in [0.717, 1.165) is 28.2 Å². The van der Waals surface area contributed by atoms with Crippen LogP contribution in [0.15, 0.2) is 54.6 Å². The Hall–Kier alpha value is -2.26. The SMILES string of the molecule is COc1ccc(/C(C)=C/C(O)c2ccc(OC)cc2)cc1. The van der Waals surface area contributed by atoms with Gasteiger partial charge in [-0.25, -0.2) is 0 Å². The summed E-state index contributed by atoms with van der Waals surface area (Å²) in [7, 11) is 3.27. The van der Waals surface area contributed by atoms with E-state index in [0.29, 0.717) is 0 Å². The van der Waals surface area contributed by atoms with Crippen molar-refractivity contribution < 1.29 is 14.6 Å². The minimum absolute atomic E-state index is 0.641. The molecule has 2 rings (SSSR count). The van der Waals surface area contributed by atoms with Crippen LogP contribution in [0.4, 0.5) is 0 Å². The number of methoxy groups -OCH3 is 2. The molecule has 0 aliphatic carbocycles. The number of aliphatic hydroxyl groups is 1. The lowest BCUT2D eigenvalue weighted by molar-refractivity contribution is 0.229. The van der Waals surface area contributed by atoms with Crippen molar-refractivity contribution in [1.29, 1.82) is 0 Å². The average molecular weight is 284 g/mol. The molecule has 0 saturated carbocycles. The van der Waals surface area contributed by atoms with E-state index in [-0.39, 0.29) is 0 Å². The molecule has 0 aromatic heterocycles. The quantitative estimate of drug-likeness (QED) is 0.906. The Labute approximate surface area is 125 Å². The molecule has 0 radical (unpaired) electrons. The van der Waals surface area contributed by atoms with Crippen molar-refractivity contribution in [3.8, 4) is 11.5 Å². The van der Waals surface area contributed by atoms with Crippen molar-refractivity contribution in [3.63, 3.8) is 0 Å². The minimum atomic E-state index is -0.641. The van der Waals surface area contributed by atoms with Gasteiger partial charge in [0.25, 0.3) is 0 Å². The molecule has 3 nitrogen and oxygen atoms in total. The first-order valence-corrected chi connectivity index (χ1v) is 6.79. The van der Waals surface area contributed by atoms with Gasteiger partial charge in [-0.1, -0.05) is 24.3 Å². The Morgan fingerprint density at radius 3 is 1.86 bits per heavy atom. The van der Waals surface area contributed by atoms with E-state index < -0.39 is 6.10 Å². The molecule has 0 saturated heterocycles. The molecule has 21 heavy (non-hydrogen) atoms. The molecule has 2 aromatic carbocycles. The lowest BCUT2D eigenvalue weighted by Crippen LogP contribution is -1.95. The highest BCUT2D eigenvalue weighted by Gasteiger charge is 2.06. The summed E-state index contributed by atoms with van der Waals surface area (Å²) in [5.41, 5.74) is 2.91. The van der Waals surface area contributed by atoms with Crippen LogP contribution in [0.5, 0.6) is 11.5 Å². The number of ether oxygens (including phenoxy) is 2. The number of aliphatic hydroxyl groups excluding tert-OH is 1. The van der Waals surface area contributed by atoms with Gasteiger partial charge in [-0.05, 0) is 54.0 Å². The summed E-state index contributed by atoms with van der Waals surface area (Å²) in [5, 5.41) is 10.3. The third kappa shape index (κ3) is 3.86. The van der Waals surface area contributed by atoms with E-state index in [1.807, 2.05) is 61.5 Å². The summed E-state index contributed by atoms with van der Waals surface area (Å²) in [6.45, 7) is 1.98. The second-order valence-electron chi connectivity index (χ2n) is 4.80. The largest absolute Gasteiger partial charge is 0.497 e. The lowest BCUT2D eigenvalue weighted by atomic mass is 10.0. The van der Waals surface area contributed by atoms with Gasteiger partial charge in [-0.15, -0.1) is 0 Å². The predicted molar refractivity (Wildman–Crippen MR) is 84.6 cm³/mol. The zero-order valence-electron chi connectivity index (χ0n) is 12.5. The molecule has 110 valence electrons. The van der Waals surface area contributed by atoms with Crippen LogP contribution in [0.25, 0.3) is 5.57 Å². The van der Waals surface area contributed by atoms with Gasteiger partial charge in [0.1, 0.15) is 11.5 Å². The topological polar surface area (TPSA) is 38.7 Å². The van der Waals surface area contributed by atoms with E-state index in [4.69, 9.17) is 9.47 Å². The fourth-order valence-electron chi connectivity index (χ4n) is 2.08. The predicted octanol–water partition coefficient (Wildman–Crippen LogP) is 3.84. The first-order chi connectivity index (χ1) is 10.1. The first kappa shape index (κ1) is 15.1. The van der Waals surface area contributed by atoms with E-state index in [1.165, 1.54) is 0 Å². The molecule has 0 fully saturated rings.